The minimum Gasteiger partial charge on any atom is -0.368 e. The molecule has 0 saturated carbocycles. The average molecular weight is 579 g/mol. The lowest BCUT2D eigenvalue weighted by atomic mass is 9.95. The number of hydrogen-bond donors (Lipinski definition) is 0. The number of aryl methyl sites for hydroxylation is 1. The number of rotatable bonds is 5. The number of carbonyl (C=O) groups is 2. The van der Waals surface area contributed by atoms with Crippen LogP contribution in [0.3, 0.4) is 0 Å². The van der Waals surface area contributed by atoms with Gasteiger partial charge in [-0.1, -0.05) is 17.7 Å². The van der Waals surface area contributed by atoms with Crippen LogP contribution in [-0.2, 0) is 15.8 Å². The van der Waals surface area contributed by atoms with Crippen molar-refractivity contribution in [3.8, 4) is 0 Å². The Hall–Kier alpha value is -2.89. The summed E-state index contributed by atoms with van der Waals surface area (Å²) in [6.45, 7) is 7.43. The van der Waals surface area contributed by atoms with Gasteiger partial charge < -0.3 is 19.6 Å². The summed E-state index contributed by atoms with van der Waals surface area (Å²) in [6.07, 6.45) is -3.73. The predicted molar refractivity (Wildman–Crippen MR) is 149 cm³/mol. The van der Waals surface area contributed by atoms with Crippen LogP contribution in [0.25, 0.3) is 0 Å². The van der Waals surface area contributed by atoms with E-state index in [4.69, 9.17) is 11.6 Å². The number of benzene rings is 1. The lowest BCUT2D eigenvalue weighted by Crippen LogP contribution is -2.52. The Kier molecular flexibility index (Phi) is 8.00. The molecule has 0 spiro atoms. The molecule has 2 fully saturated rings. The van der Waals surface area contributed by atoms with E-state index in [1.165, 1.54) is 16.7 Å². The van der Waals surface area contributed by atoms with Gasteiger partial charge in [0.25, 0.3) is 0 Å². The molecule has 0 radical (unpaired) electrons. The summed E-state index contributed by atoms with van der Waals surface area (Å²) >= 11 is 6.70. The molecule has 3 aliphatic rings. The molecule has 12 heteroatoms. The van der Waals surface area contributed by atoms with Crippen LogP contribution in [0.5, 0.6) is 0 Å². The molecule has 1 aromatic carbocycles. The van der Waals surface area contributed by atoms with Crippen molar-refractivity contribution in [2.75, 3.05) is 74.6 Å². The molecular formula is C28H34ClF3N6O2. The van der Waals surface area contributed by atoms with E-state index < -0.39 is 29.6 Å². The number of amides is 2. The van der Waals surface area contributed by atoms with Gasteiger partial charge in [-0.25, -0.2) is 4.98 Å². The normalized spacial score (nSPS) is 22.8. The van der Waals surface area contributed by atoms with Crippen molar-refractivity contribution in [3.05, 3.63) is 46.6 Å². The first-order chi connectivity index (χ1) is 18.9. The smallest absolute Gasteiger partial charge is 0.368 e. The van der Waals surface area contributed by atoms with Crippen LogP contribution < -0.4 is 14.7 Å². The summed E-state index contributed by atoms with van der Waals surface area (Å²) in [5, 5.41) is 0.506. The van der Waals surface area contributed by atoms with Gasteiger partial charge in [0.2, 0.25) is 11.8 Å². The van der Waals surface area contributed by atoms with Gasteiger partial charge in [-0.2, -0.15) is 13.2 Å². The molecule has 2 saturated heterocycles. The fourth-order valence-corrected chi connectivity index (χ4v) is 6.31. The van der Waals surface area contributed by atoms with E-state index in [9.17, 15) is 22.8 Å². The van der Waals surface area contributed by atoms with Crippen LogP contribution >= 0.6 is 11.6 Å². The van der Waals surface area contributed by atoms with E-state index in [2.05, 4.69) is 26.7 Å². The van der Waals surface area contributed by atoms with Gasteiger partial charge in [0, 0.05) is 64.3 Å². The molecule has 1 aromatic heterocycles. The largest absolute Gasteiger partial charge is 0.416 e. The molecule has 1 unspecified atom stereocenters. The molecule has 3 aliphatic heterocycles. The number of para-hydroxylation sites is 1. The Bertz CT molecular complexity index is 1280. The summed E-state index contributed by atoms with van der Waals surface area (Å²) < 4.78 is 40.9. The number of aromatic nitrogens is 1. The molecule has 40 heavy (non-hydrogen) atoms. The van der Waals surface area contributed by atoms with Crippen molar-refractivity contribution in [2.24, 2.45) is 5.92 Å². The Morgan fingerprint density at radius 1 is 1.05 bits per heavy atom. The zero-order valence-electron chi connectivity index (χ0n) is 22.9. The van der Waals surface area contributed by atoms with Crippen LogP contribution in [0.2, 0.25) is 5.02 Å². The molecule has 0 aliphatic carbocycles. The average Bonchev–Trinajstić information content (AvgIpc) is 3.22. The third-order valence-electron chi connectivity index (χ3n) is 8.12. The molecule has 8 nitrogen and oxygen atoms in total. The van der Waals surface area contributed by atoms with Gasteiger partial charge >= 0.3 is 6.18 Å². The standard InChI is InChI=1S/C28H34ClF3N6O2/c1-18-14-20(28(30,31)32)16-23(33-18)38-24(39)15-19-17-37(9-5-8-36-12-10-34(2)11-13-36)26-21(29)6-4-7-22(26)35(3)27(40)25(19)38/h4,6-7,14,16,19,25H,5,8-13,15,17H2,1-3H3/t19?,25-/m0/s1. The topological polar surface area (TPSA) is 63.2 Å². The number of likely N-dealkylation sites (N-methyl/N-ethyl adjacent to an activating group) is 2. The maximum absolute atomic E-state index is 13.9. The summed E-state index contributed by atoms with van der Waals surface area (Å²) in [4.78, 5) is 41.0. The highest BCUT2D eigenvalue weighted by Crippen LogP contribution is 2.43. The van der Waals surface area contributed by atoms with E-state index in [0.717, 1.165) is 57.0 Å². The number of hydrogen-bond acceptors (Lipinski definition) is 6. The van der Waals surface area contributed by atoms with Gasteiger partial charge in [0.05, 0.1) is 22.0 Å². The van der Waals surface area contributed by atoms with Gasteiger partial charge in [0.1, 0.15) is 11.9 Å². The number of piperazine rings is 1. The third-order valence-corrected chi connectivity index (χ3v) is 8.43. The molecule has 0 N–H and O–H groups in total. The van der Waals surface area contributed by atoms with E-state index in [-0.39, 0.29) is 23.8 Å². The van der Waals surface area contributed by atoms with Gasteiger partial charge in [-0.05, 0) is 51.2 Å². The van der Waals surface area contributed by atoms with Crippen molar-refractivity contribution in [2.45, 2.75) is 32.0 Å². The van der Waals surface area contributed by atoms with Crippen LogP contribution in [-0.4, -0.2) is 92.5 Å². The van der Waals surface area contributed by atoms with Crippen molar-refractivity contribution < 1.29 is 22.8 Å². The number of alkyl halides is 3. The van der Waals surface area contributed by atoms with Crippen LogP contribution in [0, 0.1) is 12.8 Å². The number of nitrogens with zero attached hydrogens (tertiary/aromatic N) is 6. The maximum Gasteiger partial charge on any atom is 0.416 e. The molecule has 2 atom stereocenters. The highest BCUT2D eigenvalue weighted by atomic mass is 35.5. The SMILES string of the molecule is Cc1cc(C(F)(F)F)cc(N2C(=O)CC3CN(CCCN4CCN(C)CC4)c4c(Cl)cccc4N(C)C(=O)[C@H]32)n1. The number of halogens is 4. The molecule has 216 valence electrons. The quantitative estimate of drug-likeness (QED) is 0.536. The fraction of sp³-hybridized carbons (Fsp3) is 0.536. The molecule has 2 aromatic rings. The molecule has 5 rings (SSSR count). The first-order valence-corrected chi connectivity index (χ1v) is 13.9. The van der Waals surface area contributed by atoms with Crippen LogP contribution in [0.1, 0.15) is 24.1 Å². The van der Waals surface area contributed by atoms with E-state index in [1.807, 2.05) is 0 Å². The van der Waals surface area contributed by atoms with Crippen LogP contribution in [0.4, 0.5) is 30.4 Å². The van der Waals surface area contributed by atoms with Crippen LogP contribution in [0.15, 0.2) is 30.3 Å². The monoisotopic (exact) mass is 578 g/mol. The second-order valence-corrected chi connectivity index (χ2v) is 11.4. The Balaban J connectivity index is 1.47. The number of anilines is 3. The zero-order chi connectivity index (χ0) is 28.8. The third kappa shape index (κ3) is 5.64. The second kappa shape index (κ2) is 11.2. The number of pyridine rings is 1. The summed E-state index contributed by atoms with van der Waals surface area (Å²) in [6, 6.07) is 6.17. The van der Waals surface area contributed by atoms with Gasteiger partial charge in [0.15, 0.2) is 0 Å². The first-order valence-electron chi connectivity index (χ1n) is 13.5. The van der Waals surface area contributed by atoms with Gasteiger partial charge in [-0.15, -0.1) is 0 Å². The number of fused-ring (bicyclic) bond motifs is 2. The molecule has 2 amide bonds. The predicted octanol–water partition coefficient (Wildman–Crippen LogP) is 3.90. The lowest BCUT2D eigenvalue weighted by Gasteiger charge is -2.39. The molecule has 4 heterocycles. The molecular weight excluding hydrogens is 545 g/mol. The van der Waals surface area contributed by atoms with E-state index >= 15 is 0 Å². The van der Waals surface area contributed by atoms with Gasteiger partial charge in [-0.3, -0.25) is 14.5 Å². The van der Waals surface area contributed by atoms with E-state index in [0.29, 0.717) is 23.8 Å². The summed E-state index contributed by atoms with van der Waals surface area (Å²) in [5.41, 5.74) is 0.551. The minimum atomic E-state index is -4.61. The fourth-order valence-electron chi connectivity index (χ4n) is 6.02. The van der Waals surface area contributed by atoms with Crippen molar-refractivity contribution in [1.29, 1.82) is 0 Å². The molecule has 0 bridgehead atoms. The van der Waals surface area contributed by atoms with E-state index in [1.54, 1.807) is 25.2 Å². The Morgan fingerprint density at radius 2 is 1.77 bits per heavy atom. The summed E-state index contributed by atoms with van der Waals surface area (Å²) in [7, 11) is 3.74. The highest BCUT2D eigenvalue weighted by Gasteiger charge is 2.49. The lowest BCUT2D eigenvalue weighted by molar-refractivity contribution is -0.137. The maximum atomic E-state index is 13.9. The Labute approximate surface area is 237 Å². The van der Waals surface area contributed by atoms with Crippen molar-refractivity contribution >= 4 is 40.6 Å². The Morgan fingerprint density at radius 3 is 2.48 bits per heavy atom. The number of carbonyl (C=O) groups excluding carboxylic acids is 2. The second-order valence-electron chi connectivity index (χ2n) is 11.0. The first kappa shape index (κ1) is 28.6. The highest BCUT2D eigenvalue weighted by molar-refractivity contribution is 6.34. The van der Waals surface area contributed by atoms with Crippen molar-refractivity contribution in [1.82, 2.24) is 14.8 Å². The zero-order valence-corrected chi connectivity index (χ0v) is 23.7. The summed E-state index contributed by atoms with van der Waals surface area (Å²) in [5.74, 6) is -1.40. The van der Waals surface area contributed by atoms with Crippen molar-refractivity contribution in [3.63, 3.8) is 0 Å². The minimum absolute atomic E-state index is 0.0238.